The number of aryl methyl sites for hydroxylation is 2. The summed E-state index contributed by atoms with van der Waals surface area (Å²) in [5.41, 5.74) is 16.4. The van der Waals surface area contributed by atoms with Crippen LogP contribution in [0.3, 0.4) is 0 Å². The smallest absolute Gasteiger partial charge is 0.176 e. The van der Waals surface area contributed by atoms with Crippen molar-refractivity contribution in [3.63, 3.8) is 0 Å². The summed E-state index contributed by atoms with van der Waals surface area (Å²) in [6.07, 6.45) is 4.16. The Hall–Kier alpha value is -3.45. The van der Waals surface area contributed by atoms with E-state index in [4.69, 9.17) is 26.4 Å². The van der Waals surface area contributed by atoms with Gasteiger partial charge in [0.2, 0.25) is 0 Å². The van der Waals surface area contributed by atoms with Crippen LogP contribution in [0.5, 0.6) is 11.5 Å². The molecule has 1 saturated heterocycles. The van der Waals surface area contributed by atoms with E-state index in [2.05, 4.69) is 20.1 Å². The summed E-state index contributed by atoms with van der Waals surface area (Å²) in [6, 6.07) is 7.05. The van der Waals surface area contributed by atoms with Crippen LogP contribution < -0.4 is 25.8 Å². The first-order valence-corrected chi connectivity index (χ1v) is 13.3. The molecule has 5 N–H and O–H groups in total. The van der Waals surface area contributed by atoms with Crippen molar-refractivity contribution in [1.82, 2.24) is 19.5 Å². The summed E-state index contributed by atoms with van der Waals surface area (Å²) in [5.74, 6) is 1.47. The molecule has 1 aromatic carbocycles. The van der Waals surface area contributed by atoms with E-state index >= 15 is 0 Å². The normalized spacial score (nSPS) is 15.8. The van der Waals surface area contributed by atoms with Gasteiger partial charge < -0.3 is 24.7 Å². The number of piperazine rings is 1. The van der Waals surface area contributed by atoms with Crippen LogP contribution in [0, 0.1) is 19.3 Å². The molecule has 11 nitrogen and oxygen atoms in total. The molecule has 2 atom stereocenters. The highest BCUT2D eigenvalue weighted by atomic mass is 32.2. The minimum atomic E-state index is -0.969. The fourth-order valence-corrected chi connectivity index (χ4v) is 5.09. The Morgan fingerprint density at radius 2 is 1.86 bits per heavy atom. The fourth-order valence-electron chi connectivity index (χ4n) is 4.41. The maximum absolute atomic E-state index is 11.7. The average molecular weight is 525 g/mol. The SMILES string of the molecule is COc1c(O[C@H](N)c2c(C)cnnc2C)ccc(N)c1C(=N)c1ccc(N2CCN([S+](C)[O-])CC2)nc1. The predicted octanol–water partition coefficient (Wildman–Crippen LogP) is 1.95. The van der Waals surface area contributed by atoms with Gasteiger partial charge in [-0.1, -0.05) is 0 Å². The number of anilines is 2. The molecular weight excluding hydrogens is 492 g/mol. The molecule has 196 valence electrons. The first-order valence-electron chi connectivity index (χ1n) is 11.8. The van der Waals surface area contributed by atoms with Crippen molar-refractivity contribution in [2.75, 3.05) is 50.2 Å². The second-order valence-corrected chi connectivity index (χ2v) is 10.1. The first-order chi connectivity index (χ1) is 17.7. The minimum absolute atomic E-state index is 0.150. The lowest BCUT2D eigenvalue weighted by atomic mass is 10.0. The number of nitrogens with zero attached hydrogens (tertiary/aromatic N) is 5. The Labute approximate surface area is 219 Å². The molecule has 12 heteroatoms. The summed E-state index contributed by atoms with van der Waals surface area (Å²) < 4.78 is 25.4. The highest BCUT2D eigenvalue weighted by molar-refractivity contribution is 7.88. The standard InChI is InChI=1S/C25H32N8O3S/c1-15-13-30-31-16(2)21(15)25(28)36-19-7-6-18(26)22(24(19)35-3)23(27)17-5-8-20(29-14-17)32-9-11-33(12-10-32)37(4)34/h5-8,13-14,25,27H,9-12,26,28H2,1-4H3/t25-,37?/m0/s1. The average Bonchev–Trinajstić information content (AvgIpc) is 2.89. The van der Waals surface area contributed by atoms with Crippen LogP contribution >= 0.6 is 0 Å². The van der Waals surface area contributed by atoms with Gasteiger partial charge in [0.15, 0.2) is 17.7 Å². The molecule has 3 aromatic rings. The summed E-state index contributed by atoms with van der Waals surface area (Å²) in [7, 11) is 1.50. The molecule has 0 spiro atoms. The summed E-state index contributed by atoms with van der Waals surface area (Å²) in [5, 5.41) is 16.9. The van der Waals surface area contributed by atoms with Gasteiger partial charge in [0, 0.05) is 47.5 Å². The molecule has 3 heterocycles. The van der Waals surface area contributed by atoms with Gasteiger partial charge in [0.1, 0.15) is 12.1 Å². The summed E-state index contributed by atoms with van der Waals surface area (Å²) in [4.78, 5) is 6.72. The third-order valence-electron chi connectivity index (χ3n) is 6.38. The second-order valence-electron chi connectivity index (χ2n) is 8.75. The largest absolute Gasteiger partial charge is 0.598 e. The van der Waals surface area contributed by atoms with Crippen molar-refractivity contribution in [1.29, 1.82) is 5.41 Å². The van der Waals surface area contributed by atoms with E-state index in [1.165, 1.54) is 7.11 Å². The number of benzene rings is 1. The number of rotatable bonds is 8. The fraction of sp³-hybridized carbons (Fsp3) is 0.360. The van der Waals surface area contributed by atoms with E-state index < -0.39 is 17.6 Å². The monoisotopic (exact) mass is 524 g/mol. The lowest BCUT2D eigenvalue weighted by Gasteiger charge is -2.34. The van der Waals surface area contributed by atoms with Crippen molar-refractivity contribution in [3.05, 3.63) is 64.6 Å². The zero-order chi connectivity index (χ0) is 26.7. The van der Waals surface area contributed by atoms with Crippen LogP contribution in [0.4, 0.5) is 11.5 Å². The quantitative estimate of drug-likeness (QED) is 0.172. The number of hydrogen-bond donors (Lipinski definition) is 3. The minimum Gasteiger partial charge on any atom is -0.598 e. The van der Waals surface area contributed by atoms with E-state index in [1.807, 2.05) is 30.3 Å². The van der Waals surface area contributed by atoms with Crippen molar-refractivity contribution < 1.29 is 14.0 Å². The lowest BCUT2D eigenvalue weighted by Crippen LogP contribution is -2.48. The van der Waals surface area contributed by atoms with Gasteiger partial charge in [0.05, 0.1) is 43.4 Å². The Kier molecular flexibility index (Phi) is 8.13. The molecule has 0 saturated carbocycles. The second kappa shape index (κ2) is 11.3. The highest BCUT2D eigenvalue weighted by Gasteiger charge is 2.25. The molecule has 1 unspecified atom stereocenters. The van der Waals surface area contributed by atoms with Crippen LogP contribution in [0.15, 0.2) is 36.7 Å². The van der Waals surface area contributed by atoms with Crippen molar-refractivity contribution in [3.8, 4) is 11.5 Å². The van der Waals surface area contributed by atoms with E-state index in [1.54, 1.807) is 30.8 Å². The van der Waals surface area contributed by atoms with Gasteiger partial charge in [-0.2, -0.15) is 10.2 Å². The summed E-state index contributed by atoms with van der Waals surface area (Å²) in [6.45, 7) is 6.59. The maximum atomic E-state index is 11.7. The predicted molar refractivity (Wildman–Crippen MR) is 144 cm³/mol. The van der Waals surface area contributed by atoms with Crippen molar-refractivity contribution >= 4 is 28.6 Å². The van der Waals surface area contributed by atoms with Gasteiger partial charge in [0.25, 0.3) is 0 Å². The van der Waals surface area contributed by atoms with E-state index in [0.717, 1.165) is 30.0 Å². The highest BCUT2D eigenvalue weighted by Crippen LogP contribution is 2.38. The molecule has 37 heavy (non-hydrogen) atoms. The van der Waals surface area contributed by atoms with Crippen LogP contribution in [0.2, 0.25) is 0 Å². The van der Waals surface area contributed by atoms with Gasteiger partial charge in [-0.15, -0.1) is 4.31 Å². The molecule has 0 bridgehead atoms. The number of nitrogen functional groups attached to an aromatic ring is 1. The molecule has 0 radical (unpaired) electrons. The summed E-state index contributed by atoms with van der Waals surface area (Å²) >= 11 is -0.969. The number of nitrogens with one attached hydrogen (secondary N) is 1. The Balaban J connectivity index is 1.57. The zero-order valence-corrected chi connectivity index (χ0v) is 22.2. The van der Waals surface area contributed by atoms with Crippen LogP contribution in [0.1, 0.15) is 34.2 Å². The molecular formula is C25H32N8O3S. The Morgan fingerprint density at radius 1 is 1.14 bits per heavy atom. The number of nitrogens with two attached hydrogens (primary N) is 2. The van der Waals surface area contributed by atoms with E-state index in [-0.39, 0.29) is 5.71 Å². The molecule has 1 aliphatic heterocycles. The van der Waals surface area contributed by atoms with Crippen molar-refractivity contribution in [2.24, 2.45) is 5.73 Å². The number of hydrogen-bond acceptors (Lipinski definition) is 11. The number of ether oxygens (including phenoxy) is 2. The topological polar surface area (TPSA) is 163 Å². The maximum Gasteiger partial charge on any atom is 0.176 e. The molecule has 1 aliphatic rings. The number of methoxy groups -OCH3 is 1. The third-order valence-corrected chi connectivity index (χ3v) is 7.48. The number of pyridine rings is 1. The van der Waals surface area contributed by atoms with Gasteiger partial charge in [-0.3, -0.25) is 11.1 Å². The molecule has 0 aliphatic carbocycles. The lowest BCUT2D eigenvalue weighted by molar-refractivity contribution is 0.202. The Morgan fingerprint density at radius 3 is 2.46 bits per heavy atom. The van der Waals surface area contributed by atoms with Crippen molar-refractivity contribution in [2.45, 2.75) is 20.1 Å². The Bertz CT molecular complexity index is 1240. The molecule has 1 fully saturated rings. The molecule has 0 amide bonds. The van der Waals surface area contributed by atoms with Crippen LogP contribution in [-0.4, -0.2) is 69.3 Å². The van der Waals surface area contributed by atoms with E-state index in [9.17, 15) is 4.55 Å². The third kappa shape index (κ3) is 5.62. The van der Waals surface area contributed by atoms with E-state index in [0.29, 0.717) is 47.1 Å². The van der Waals surface area contributed by atoms with Gasteiger partial charge in [-0.05, 0) is 43.7 Å². The first kappa shape index (κ1) is 26.6. The molecule has 4 rings (SSSR count). The van der Waals surface area contributed by atoms with Crippen LogP contribution in [-0.2, 0) is 11.4 Å². The number of aromatic nitrogens is 3. The zero-order valence-electron chi connectivity index (χ0n) is 21.4. The van der Waals surface area contributed by atoms with Gasteiger partial charge in [-0.25, -0.2) is 4.98 Å². The molecule has 2 aromatic heterocycles. The van der Waals surface area contributed by atoms with Crippen LogP contribution in [0.25, 0.3) is 0 Å². The van der Waals surface area contributed by atoms with Gasteiger partial charge >= 0.3 is 0 Å².